The van der Waals surface area contributed by atoms with Crippen LogP contribution in [-0.4, -0.2) is 23.8 Å². The molecule has 2 amide bonds. The number of aliphatic hydroxyl groups is 1. The quantitative estimate of drug-likeness (QED) is 0.782. The summed E-state index contributed by atoms with van der Waals surface area (Å²) in [5.74, 6) is 0. The van der Waals surface area contributed by atoms with E-state index in [4.69, 9.17) is 5.11 Å². The van der Waals surface area contributed by atoms with Crippen molar-refractivity contribution in [3.8, 4) is 0 Å². The molecule has 5 heteroatoms. The molecule has 1 atom stereocenters. The number of aliphatic hydroxyl groups excluding tert-OH is 1. The molecule has 1 rings (SSSR count). The fraction of sp³-hybridized carbons (Fsp3) is 0.462. The van der Waals surface area contributed by atoms with Crippen molar-refractivity contribution in [2.24, 2.45) is 0 Å². The molecular weight excluding hydrogens is 296 g/mol. The van der Waals surface area contributed by atoms with Gasteiger partial charge in [-0.05, 0) is 60.3 Å². The molecule has 0 aliphatic carbocycles. The number of halogens is 1. The van der Waals surface area contributed by atoms with E-state index in [-0.39, 0.29) is 18.7 Å². The molecular formula is C13H19BrN2O2. The Kier molecular flexibility index (Phi) is 6.15. The van der Waals surface area contributed by atoms with Crippen LogP contribution in [0, 0.1) is 6.92 Å². The highest BCUT2D eigenvalue weighted by atomic mass is 79.9. The first-order chi connectivity index (χ1) is 8.52. The lowest BCUT2D eigenvalue weighted by atomic mass is 10.2. The van der Waals surface area contributed by atoms with Crippen LogP contribution >= 0.6 is 15.9 Å². The van der Waals surface area contributed by atoms with Gasteiger partial charge in [0.1, 0.15) is 0 Å². The van der Waals surface area contributed by atoms with E-state index in [1.165, 1.54) is 0 Å². The molecule has 100 valence electrons. The van der Waals surface area contributed by atoms with Crippen LogP contribution in [0.5, 0.6) is 0 Å². The summed E-state index contributed by atoms with van der Waals surface area (Å²) in [6.45, 7) is 4.04. The number of rotatable bonds is 5. The summed E-state index contributed by atoms with van der Waals surface area (Å²) in [5.41, 5.74) is 1.84. The van der Waals surface area contributed by atoms with E-state index in [0.29, 0.717) is 6.42 Å². The maximum atomic E-state index is 11.7. The number of hydrogen-bond donors (Lipinski definition) is 3. The molecule has 0 spiro atoms. The van der Waals surface area contributed by atoms with E-state index >= 15 is 0 Å². The van der Waals surface area contributed by atoms with E-state index in [0.717, 1.165) is 22.1 Å². The second-order valence-electron chi connectivity index (χ2n) is 4.35. The van der Waals surface area contributed by atoms with Gasteiger partial charge in [0.15, 0.2) is 0 Å². The molecule has 0 radical (unpaired) electrons. The molecule has 18 heavy (non-hydrogen) atoms. The summed E-state index contributed by atoms with van der Waals surface area (Å²) in [6.07, 6.45) is 1.45. The minimum Gasteiger partial charge on any atom is -0.396 e. The minimum atomic E-state index is -0.230. The number of carbonyl (C=O) groups is 1. The van der Waals surface area contributed by atoms with Crippen LogP contribution in [0.4, 0.5) is 10.5 Å². The van der Waals surface area contributed by atoms with E-state index in [1.807, 2.05) is 32.0 Å². The van der Waals surface area contributed by atoms with Crippen LogP contribution in [0.1, 0.15) is 25.3 Å². The second-order valence-corrected chi connectivity index (χ2v) is 5.20. The van der Waals surface area contributed by atoms with Gasteiger partial charge < -0.3 is 15.7 Å². The first kappa shape index (κ1) is 15.0. The Labute approximate surface area is 116 Å². The van der Waals surface area contributed by atoms with Crippen molar-refractivity contribution in [3.63, 3.8) is 0 Å². The van der Waals surface area contributed by atoms with Crippen molar-refractivity contribution in [3.05, 3.63) is 28.2 Å². The molecule has 0 aromatic heterocycles. The number of nitrogens with one attached hydrogen (secondary N) is 2. The van der Waals surface area contributed by atoms with Gasteiger partial charge in [-0.2, -0.15) is 0 Å². The van der Waals surface area contributed by atoms with Crippen LogP contribution in [0.25, 0.3) is 0 Å². The lowest BCUT2D eigenvalue weighted by molar-refractivity contribution is 0.245. The Hall–Kier alpha value is -1.07. The third kappa shape index (κ3) is 5.06. The highest BCUT2D eigenvalue weighted by molar-refractivity contribution is 9.10. The summed E-state index contributed by atoms with van der Waals surface area (Å²) < 4.78 is 0.853. The van der Waals surface area contributed by atoms with Gasteiger partial charge in [0, 0.05) is 17.1 Å². The molecule has 0 aliphatic rings. The second kappa shape index (κ2) is 7.38. The maximum Gasteiger partial charge on any atom is 0.319 e. The predicted molar refractivity (Wildman–Crippen MR) is 76.8 cm³/mol. The normalized spacial score (nSPS) is 12.0. The van der Waals surface area contributed by atoms with Crippen molar-refractivity contribution in [1.82, 2.24) is 5.32 Å². The minimum absolute atomic E-state index is 0.0423. The molecule has 0 aliphatic heterocycles. The van der Waals surface area contributed by atoms with Crippen LogP contribution < -0.4 is 10.6 Å². The first-order valence-corrected chi connectivity index (χ1v) is 6.76. The van der Waals surface area contributed by atoms with Crippen molar-refractivity contribution >= 4 is 27.6 Å². The number of hydrogen-bond acceptors (Lipinski definition) is 2. The molecule has 0 bridgehead atoms. The Morgan fingerprint density at radius 1 is 1.50 bits per heavy atom. The highest BCUT2D eigenvalue weighted by Gasteiger charge is 2.08. The molecule has 3 N–H and O–H groups in total. The zero-order valence-electron chi connectivity index (χ0n) is 10.7. The fourth-order valence-electron chi connectivity index (χ4n) is 1.59. The molecule has 1 aromatic rings. The Morgan fingerprint density at radius 3 is 2.89 bits per heavy atom. The van der Waals surface area contributed by atoms with Gasteiger partial charge in [-0.25, -0.2) is 4.79 Å². The van der Waals surface area contributed by atoms with Crippen molar-refractivity contribution < 1.29 is 9.90 Å². The number of benzene rings is 1. The smallest absolute Gasteiger partial charge is 0.319 e. The third-order valence-electron chi connectivity index (χ3n) is 2.54. The molecule has 0 heterocycles. The number of anilines is 1. The van der Waals surface area contributed by atoms with Crippen molar-refractivity contribution in [2.45, 2.75) is 32.7 Å². The van der Waals surface area contributed by atoms with E-state index in [2.05, 4.69) is 26.6 Å². The summed E-state index contributed by atoms with van der Waals surface area (Å²) in [4.78, 5) is 11.7. The molecule has 1 unspecified atom stereocenters. The molecule has 0 saturated carbocycles. The summed E-state index contributed by atoms with van der Waals surface area (Å²) in [6, 6.07) is 5.59. The summed E-state index contributed by atoms with van der Waals surface area (Å²) in [7, 11) is 0. The summed E-state index contributed by atoms with van der Waals surface area (Å²) >= 11 is 3.39. The zero-order valence-corrected chi connectivity index (χ0v) is 12.3. The van der Waals surface area contributed by atoms with E-state index in [1.54, 1.807) is 0 Å². The standard InChI is InChI=1S/C13H19BrN2O2/c1-9-5-6-11(14)12(8-9)16-13(18)15-10(2)4-3-7-17/h5-6,8,10,17H,3-4,7H2,1-2H3,(H2,15,16,18). The largest absolute Gasteiger partial charge is 0.396 e. The van der Waals surface area contributed by atoms with Gasteiger partial charge in [0.25, 0.3) is 0 Å². The maximum absolute atomic E-state index is 11.7. The Bertz CT molecular complexity index is 410. The van der Waals surface area contributed by atoms with Crippen LogP contribution in [-0.2, 0) is 0 Å². The summed E-state index contributed by atoms with van der Waals surface area (Å²) in [5, 5.41) is 14.3. The average Bonchev–Trinajstić information content (AvgIpc) is 2.31. The number of aryl methyl sites for hydroxylation is 1. The van der Waals surface area contributed by atoms with Crippen LogP contribution in [0.3, 0.4) is 0 Å². The topological polar surface area (TPSA) is 61.4 Å². The lowest BCUT2D eigenvalue weighted by Gasteiger charge is -2.15. The van der Waals surface area contributed by atoms with Crippen LogP contribution in [0.15, 0.2) is 22.7 Å². The van der Waals surface area contributed by atoms with Gasteiger partial charge in [0.2, 0.25) is 0 Å². The van der Waals surface area contributed by atoms with E-state index in [9.17, 15) is 4.79 Å². The highest BCUT2D eigenvalue weighted by Crippen LogP contribution is 2.23. The first-order valence-electron chi connectivity index (χ1n) is 5.97. The molecule has 0 fully saturated rings. The third-order valence-corrected chi connectivity index (χ3v) is 3.23. The van der Waals surface area contributed by atoms with Crippen molar-refractivity contribution in [2.75, 3.05) is 11.9 Å². The van der Waals surface area contributed by atoms with Gasteiger partial charge in [-0.3, -0.25) is 0 Å². The van der Waals surface area contributed by atoms with E-state index < -0.39 is 0 Å². The number of urea groups is 1. The van der Waals surface area contributed by atoms with Gasteiger partial charge in [0.05, 0.1) is 5.69 Å². The Morgan fingerprint density at radius 2 is 2.22 bits per heavy atom. The van der Waals surface area contributed by atoms with Gasteiger partial charge in [-0.15, -0.1) is 0 Å². The predicted octanol–water partition coefficient (Wildman–Crippen LogP) is 3.04. The van der Waals surface area contributed by atoms with Gasteiger partial charge >= 0.3 is 6.03 Å². The average molecular weight is 315 g/mol. The SMILES string of the molecule is Cc1ccc(Br)c(NC(=O)NC(C)CCCO)c1. The fourth-order valence-corrected chi connectivity index (χ4v) is 1.93. The lowest BCUT2D eigenvalue weighted by Crippen LogP contribution is -2.36. The monoisotopic (exact) mass is 314 g/mol. The molecule has 1 aromatic carbocycles. The van der Waals surface area contributed by atoms with Crippen LogP contribution in [0.2, 0.25) is 0 Å². The molecule has 0 saturated heterocycles. The zero-order chi connectivity index (χ0) is 13.5. The number of carbonyl (C=O) groups excluding carboxylic acids is 1. The van der Waals surface area contributed by atoms with Gasteiger partial charge in [-0.1, -0.05) is 6.07 Å². The van der Waals surface area contributed by atoms with Crippen molar-refractivity contribution in [1.29, 1.82) is 0 Å². The number of amides is 2. The molecule has 4 nitrogen and oxygen atoms in total. The Balaban J connectivity index is 2.51.